The summed E-state index contributed by atoms with van der Waals surface area (Å²) < 4.78 is 0. The van der Waals surface area contributed by atoms with Crippen molar-refractivity contribution in [3.63, 3.8) is 0 Å². The van der Waals surface area contributed by atoms with E-state index in [-0.39, 0.29) is 5.41 Å². The van der Waals surface area contributed by atoms with Crippen molar-refractivity contribution < 1.29 is 0 Å². The Hall–Kier alpha value is -0.830. The maximum absolute atomic E-state index is 6.34. The van der Waals surface area contributed by atoms with E-state index in [0.29, 0.717) is 5.15 Å². The maximum Gasteiger partial charge on any atom is 0.137 e. The molecule has 1 aromatic heterocycles. The van der Waals surface area contributed by atoms with Crippen molar-refractivity contribution in [3.8, 4) is 0 Å². The van der Waals surface area contributed by atoms with Crippen molar-refractivity contribution in [1.82, 2.24) is 9.97 Å². The summed E-state index contributed by atoms with van der Waals surface area (Å²) in [6.45, 7) is 10.6. The average molecular weight is 296 g/mol. The Bertz CT molecular complexity index is 458. The van der Waals surface area contributed by atoms with Gasteiger partial charge in [-0.15, -0.1) is 0 Å². The van der Waals surface area contributed by atoms with Crippen LogP contribution in [0.1, 0.15) is 64.3 Å². The molecule has 1 aliphatic heterocycles. The fraction of sp³-hybridized carbons (Fsp3) is 0.750. The van der Waals surface area contributed by atoms with E-state index in [1.165, 1.54) is 32.1 Å². The lowest BCUT2D eigenvalue weighted by Gasteiger charge is -2.29. The van der Waals surface area contributed by atoms with Crippen LogP contribution in [0, 0.1) is 6.92 Å². The third-order valence-electron chi connectivity index (χ3n) is 3.89. The second kappa shape index (κ2) is 6.30. The molecule has 1 saturated heterocycles. The van der Waals surface area contributed by atoms with Crippen molar-refractivity contribution in [2.75, 3.05) is 18.0 Å². The van der Waals surface area contributed by atoms with E-state index in [2.05, 4.69) is 30.7 Å². The second-order valence-electron chi connectivity index (χ2n) is 6.79. The van der Waals surface area contributed by atoms with Crippen molar-refractivity contribution in [1.29, 1.82) is 0 Å². The van der Waals surface area contributed by atoms with Gasteiger partial charge in [-0.2, -0.15) is 0 Å². The number of rotatable bonds is 1. The minimum Gasteiger partial charge on any atom is -0.356 e. The van der Waals surface area contributed by atoms with Crippen LogP contribution in [-0.2, 0) is 5.41 Å². The predicted octanol–water partition coefficient (Wildman–Crippen LogP) is 4.51. The molecule has 0 N–H and O–H groups in total. The van der Waals surface area contributed by atoms with Crippen LogP contribution >= 0.6 is 11.6 Å². The minimum atomic E-state index is -0.0746. The molecule has 2 heterocycles. The number of aromatic nitrogens is 2. The quantitative estimate of drug-likeness (QED) is 0.714. The summed E-state index contributed by atoms with van der Waals surface area (Å²) in [4.78, 5) is 11.7. The molecule has 0 atom stereocenters. The van der Waals surface area contributed by atoms with Gasteiger partial charge in [0.2, 0.25) is 0 Å². The van der Waals surface area contributed by atoms with Gasteiger partial charge in [-0.3, -0.25) is 0 Å². The highest BCUT2D eigenvalue weighted by molar-refractivity contribution is 6.30. The van der Waals surface area contributed by atoms with Crippen LogP contribution in [0.25, 0.3) is 0 Å². The van der Waals surface area contributed by atoms with Crippen LogP contribution in [0.3, 0.4) is 0 Å². The van der Waals surface area contributed by atoms with Gasteiger partial charge in [-0.1, -0.05) is 51.6 Å². The van der Waals surface area contributed by atoms with E-state index >= 15 is 0 Å². The van der Waals surface area contributed by atoms with Crippen LogP contribution in [0.15, 0.2) is 0 Å². The van der Waals surface area contributed by atoms with E-state index in [0.717, 1.165) is 30.3 Å². The van der Waals surface area contributed by atoms with Gasteiger partial charge in [0.1, 0.15) is 16.8 Å². The monoisotopic (exact) mass is 295 g/mol. The first-order valence-corrected chi connectivity index (χ1v) is 8.07. The summed E-state index contributed by atoms with van der Waals surface area (Å²) in [7, 11) is 0. The average Bonchev–Trinajstić information content (AvgIpc) is 2.31. The molecule has 1 aromatic rings. The van der Waals surface area contributed by atoms with Gasteiger partial charge >= 0.3 is 0 Å². The molecule has 2 rings (SSSR count). The summed E-state index contributed by atoms with van der Waals surface area (Å²) in [5, 5.41) is 0.599. The largest absolute Gasteiger partial charge is 0.356 e. The highest BCUT2D eigenvalue weighted by Gasteiger charge is 2.23. The summed E-state index contributed by atoms with van der Waals surface area (Å²) in [5.41, 5.74) is 0.940. The van der Waals surface area contributed by atoms with Crippen molar-refractivity contribution >= 4 is 17.4 Å². The van der Waals surface area contributed by atoms with Gasteiger partial charge in [0, 0.05) is 24.1 Å². The van der Waals surface area contributed by atoms with Gasteiger partial charge in [0.25, 0.3) is 0 Å². The van der Waals surface area contributed by atoms with Crippen molar-refractivity contribution in [2.24, 2.45) is 0 Å². The Balaban J connectivity index is 2.35. The smallest absolute Gasteiger partial charge is 0.137 e. The maximum atomic E-state index is 6.34. The SMILES string of the molecule is Cc1c(Cl)nc(C(C)(C)C)nc1N1CCCCCCC1. The number of nitrogens with zero attached hydrogens (tertiary/aromatic N) is 3. The van der Waals surface area contributed by atoms with Crippen LogP contribution in [-0.4, -0.2) is 23.1 Å². The summed E-state index contributed by atoms with van der Waals surface area (Å²) in [6, 6.07) is 0. The fourth-order valence-electron chi connectivity index (χ4n) is 2.58. The van der Waals surface area contributed by atoms with E-state index in [1.807, 2.05) is 6.92 Å². The molecule has 0 bridgehead atoms. The molecule has 0 radical (unpaired) electrons. The predicted molar refractivity (Wildman–Crippen MR) is 85.8 cm³/mol. The van der Waals surface area contributed by atoms with E-state index in [1.54, 1.807) is 0 Å². The van der Waals surface area contributed by atoms with Gasteiger partial charge in [-0.05, 0) is 19.8 Å². The van der Waals surface area contributed by atoms with Crippen LogP contribution in [0.4, 0.5) is 5.82 Å². The van der Waals surface area contributed by atoms with Crippen molar-refractivity contribution in [2.45, 2.75) is 65.2 Å². The first kappa shape index (κ1) is 15.6. The lowest BCUT2D eigenvalue weighted by atomic mass is 9.95. The molecule has 0 aliphatic carbocycles. The lowest BCUT2D eigenvalue weighted by molar-refractivity contribution is 0.532. The zero-order valence-corrected chi connectivity index (χ0v) is 13.9. The standard InChI is InChI=1S/C16H26ClN3/c1-12-13(17)18-15(16(2,3)4)19-14(12)20-10-8-6-5-7-9-11-20/h5-11H2,1-4H3. The summed E-state index contributed by atoms with van der Waals surface area (Å²) in [6.07, 6.45) is 6.49. The number of hydrogen-bond donors (Lipinski definition) is 0. The van der Waals surface area contributed by atoms with E-state index in [9.17, 15) is 0 Å². The first-order valence-electron chi connectivity index (χ1n) is 7.69. The molecule has 0 spiro atoms. The fourth-order valence-corrected chi connectivity index (χ4v) is 2.75. The Labute approximate surface area is 127 Å². The molecule has 0 saturated carbocycles. The lowest BCUT2D eigenvalue weighted by Crippen LogP contribution is -2.30. The second-order valence-corrected chi connectivity index (χ2v) is 7.15. The van der Waals surface area contributed by atoms with E-state index in [4.69, 9.17) is 16.6 Å². The van der Waals surface area contributed by atoms with Crippen LogP contribution < -0.4 is 4.90 Å². The molecular formula is C16H26ClN3. The first-order chi connectivity index (χ1) is 9.39. The Morgan fingerprint density at radius 1 is 0.950 bits per heavy atom. The third-order valence-corrected chi connectivity index (χ3v) is 4.26. The van der Waals surface area contributed by atoms with Crippen LogP contribution in [0.5, 0.6) is 0 Å². The van der Waals surface area contributed by atoms with Crippen LogP contribution in [0.2, 0.25) is 5.15 Å². The molecule has 20 heavy (non-hydrogen) atoms. The minimum absolute atomic E-state index is 0.0746. The Kier molecular flexibility index (Phi) is 4.90. The zero-order valence-electron chi connectivity index (χ0n) is 13.2. The highest BCUT2D eigenvalue weighted by atomic mass is 35.5. The Morgan fingerprint density at radius 2 is 1.50 bits per heavy atom. The van der Waals surface area contributed by atoms with Crippen molar-refractivity contribution in [3.05, 3.63) is 16.5 Å². The van der Waals surface area contributed by atoms with Gasteiger partial charge < -0.3 is 4.90 Å². The molecular weight excluding hydrogens is 270 g/mol. The summed E-state index contributed by atoms with van der Waals surface area (Å²) >= 11 is 6.34. The van der Waals surface area contributed by atoms with Gasteiger partial charge in [-0.25, -0.2) is 9.97 Å². The zero-order chi connectivity index (χ0) is 14.8. The highest BCUT2D eigenvalue weighted by Crippen LogP contribution is 2.29. The molecule has 112 valence electrons. The molecule has 0 aromatic carbocycles. The molecule has 1 fully saturated rings. The molecule has 3 nitrogen and oxygen atoms in total. The molecule has 1 aliphatic rings. The van der Waals surface area contributed by atoms with Gasteiger partial charge in [0.05, 0.1) is 0 Å². The Morgan fingerprint density at radius 3 is 2.05 bits per heavy atom. The summed E-state index contributed by atoms with van der Waals surface area (Å²) in [5.74, 6) is 1.88. The van der Waals surface area contributed by atoms with E-state index < -0.39 is 0 Å². The third kappa shape index (κ3) is 3.63. The number of hydrogen-bond acceptors (Lipinski definition) is 3. The molecule has 4 heteroatoms. The van der Waals surface area contributed by atoms with Gasteiger partial charge in [0.15, 0.2) is 0 Å². The molecule has 0 amide bonds. The number of anilines is 1. The number of halogens is 1. The molecule has 0 unspecified atom stereocenters. The topological polar surface area (TPSA) is 29.0 Å². The normalized spacial score (nSPS) is 17.8.